The zero-order chi connectivity index (χ0) is 12.2. The van der Waals surface area contributed by atoms with Gasteiger partial charge in [-0.05, 0) is 13.0 Å². The molecule has 0 spiro atoms. The van der Waals surface area contributed by atoms with E-state index in [0.717, 1.165) is 18.0 Å². The van der Waals surface area contributed by atoms with Gasteiger partial charge in [0.1, 0.15) is 0 Å². The molecule has 0 amide bonds. The van der Waals surface area contributed by atoms with E-state index in [1.807, 2.05) is 28.7 Å². The van der Waals surface area contributed by atoms with Crippen molar-refractivity contribution in [1.29, 1.82) is 0 Å². The molecule has 1 heterocycles. The van der Waals surface area contributed by atoms with Gasteiger partial charge in [-0.15, -0.1) is 0 Å². The van der Waals surface area contributed by atoms with Crippen molar-refractivity contribution >= 4 is 11.8 Å². The van der Waals surface area contributed by atoms with Gasteiger partial charge >= 0.3 is 0 Å². The van der Waals surface area contributed by atoms with Crippen LogP contribution in [0.25, 0.3) is 0 Å². The lowest BCUT2D eigenvalue weighted by atomic mass is 10.2. The van der Waals surface area contributed by atoms with Crippen molar-refractivity contribution in [2.24, 2.45) is 5.84 Å². The van der Waals surface area contributed by atoms with Crippen molar-refractivity contribution < 1.29 is 0 Å². The van der Waals surface area contributed by atoms with Gasteiger partial charge in [-0.25, -0.2) is 0 Å². The molecule has 0 saturated heterocycles. The topological polar surface area (TPSA) is 55.9 Å². The minimum atomic E-state index is 0.159. The third kappa shape index (κ3) is 3.81. The Morgan fingerprint density at radius 1 is 1.56 bits per heavy atom. The van der Waals surface area contributed by atoms with Gasteiger partial charge in [-0.3, -0.25) is 16.0 Å². The second-order valence-corrected chi connectivity index (χ2v) is 6.56. The van der Waals surface area contributed by atoms with Gasteiger partial charge in [0.05, 0.1) is 11.7 Å². The Balaban J connectivity index is 2.67. The normalized spacial score (nSPS) is 14.1. The highest BCUT2D eigenvalue weighted by atomic mass is 32.2. The van der Waals surface area contributed by atoms with Crippen molar-refractivity contribution in [3.8, 4) is 0 Å². The van der Waals surface area contributed by atoms with Crippen LogP contribution in [0.4, 0.5) is 0 Å². The second kappa shape index (κ2) is 5.70. The van der Waals surface area contributed by atoms with E-state index in [9.17, 15) is 0 Å². The summed E-state index contributed by atoms with van der Waals surface area (Å²) in [5.74, 6) is 6.56. The van der Waals surface area contributed by atoms with Crippen LogP contribution in [-0.2, 0) is 6.54 Å². The van der Waals surface area contributed by atoms with Gasteiger partial charge in [0.15, 0.2) is 0 Å². The summed E-state index contributed by atoms with van der Waals surface area (Å²) in [7, 11) is 0. The van der Waals surface area contributed by atoms with Crippen molar-refractivity contribution in [3.63, 3.8) is 0 Å². The monoisotopic (exact) mass is 242 g/mol. The molecule has 1 atom stereocenters. The first kappa shape index (κ1) is 13.5. The number of nitrogens with two attached hydrogens (primary N) is 1. The summed E-state index contributed by atoms with van der Waals surface area (Å²) in [5, 5.41) is 4.26. The number of hydrogen-bond donors (Lipinski definition) is 2. The van der Waals surface area contributed by atoms with E-state index in [2.05, 4.69) is 38.2 Å². The first-order valence-electron chi connectivity index (χ1n) is 5.59. The largest absolute Gasteiger partial charge is 0.271 e. The molecule has 0 aliphatic carbocycles. The van der Waals surface area contributed by atoms with Crippen LogP contribution in [0.1, 0.15) is 39.4 Å². The van der Waals surface area contributed by atoms with Gasteiger partial charge in [0.25, 0.3) is 0 Å². The van der Waals surface area contributed by atoms with Crippen LogP contribution in [0.15, 0.2) is 12.3 Å². The zero-order valence-electron chi connectivity index (χ0n) is 10.5. The molecule has 3 N–H and O–H groups in total. The van der Waals surface area contributed by atoms with Crippen molar-refractivity contribution in [1.82, 2.24) is 15.2 Å². The Morgan fingerprint density at radius 3 is 2.75 bits per heavy atom. The molecular formula is C11H22N4S. The van der Waals surface area contributed by atoms with Gasteiger partial charge < -0.3 is 0 Å². The van der Waals surface area contributed by atoms with E-state index in [1.54, 1.807) is 0 Å². The van der Waals surface area contributed by atoms with Crippen LogP contribution in [0, 0.1) is 0 Å². The lowest BCUT2D eigenvalue weighted by Gasteiger charge is -2.23. The van der Waals surface area contributed by atoms with Crippen molar-refractivity contribution in [2.75, 3.05) is 5.75 Å². The number of thioether (sulfide) groups is 1. The van der Waals surface area contributed by atoms with E-state index in [0.29, 0.717) is 0 Å². The molecule has 0 radical (unpaired) electrons. The molecule has 4 nitrogen and oxygen atoms in total. The molecule has 0 saturated carbocycles. The minimum absolute atomic E-state index is 0.159. The number of rotatable bonds is 5. The van der Waals surface area contributed by atoms with E-state index in [1.165, 1.54) is 0 Å². The van der Waals surface area contributed by atoms with E-state index in [4.69, 9.17) is 5.84 Å². The molecule has 1 aromatic heterocycles. The van der Waals surface area contributed by atoms with Gasteiger partial charge in [0, 0.05) is 23.2 Å². The molecule has 0 bridgehead atoms. The van der Waals surface area contributed by atoms with E-state index < -0.39 is 0 Å². The van der Waals surface area contributed by atoms with E-state index >= 15 is 0 Å². The number of hydrogen-bond acceptors (Lipinski definition) is 4. The summed E-state index contributed by atoms with van der Waals surface area (Å²) in [6.45, 7) is 9.59. The Labute approximate surface area is 102 Å². The molecule has 5 heteroatoms. The molecule has 92 valence electrons. The predicted octanol–water partition coefficient (Wildman–Crippen LogP) is 1.94. The average Bonchev–Trinajstić information content (AvgIpc) is 2.65. The number of nitrogens with zero attached hydrogens (tertiary/aromatic N) is 2. The fourth-order valence-corrected chi connectivity index (χ4v) is 2.39. The molecule has 0 aliphatic heterocycles. The summed E-state index contributed by atoms with van der Waals surface area (Å²) in [6, 6.07) is 2.18. The standard InChI is InChI=1S/C11H22N4S/c1-5-15-10(6-7-13-15)9(14-12)8-16-11(2,3)4/h6-7,9,14H,5,8,12H2,1-4H3. The number of aryl methyl sites for hydroxylation is 1. The van der Waals surface area contributed by atoms with Crippen LogP contribution in [0.2, 0.25) is 0 Å². The predicted molar refractivity (Wildman–Crippen MR) is 70.2 cm³/mol. The molecule has 16 heavy (non-hydrogen) atoms. The molecule has 1 unspecified atom stereocenters. The fraction of sp³-hybridized carbons (Fsp3) is 0.727. The zero-order valence-corrected chi connectivity index (χ0v) is 11.3. The fourth-order valence-electron chi connectivity index (χ4n) is 1.46. The number of aromatic nitrogens is 2. The molecule has 0 aromatic carbocycles. The molecule has 1 rings (SSSR count). The Morgan fingerprint density at radius 2 is 2.25 bits per heavy atom. The maximum atomic E-state index is 5.61. The maximum Gasteiger partial charge on any atom is 0.0719 e. The number of hydrazine groups is 1. The summed E-state index contributed by atoms with van der Waals surface area (Å²) in [5.41, 5.74) is 4.02. The summed E-state index contributed by atoms with van der Waals surface area (Å²) in [6.07, 6.45) is 1.82. The third-order valence-corrected chi connectivity index (χ3v) is 3.66. The smallest absolute Gasteiger partial charge is 0.0719 e. The van der Waals surface area contributed by atoms with Crippen LogP contribution < -0.4 is 11.3 Å². The molecule has 0 aliphatic rings. The lowest BCUT2D eigenvalue weighted by Crippen LogP contribution is -2.32. The minimum Gasteiger partial charge on any atom is -0.271 e. The highest BCUT2D eigenvalue weighted by molar-refractivity contribution is 8.00. The quantitative estimate of drug-likeness (QED) is 0.612. The molecule has 1 aromatic rings. The SMILES string of the molecule is CCn1nccc1C(CSC(C)(C)C)NN. The highest BCUT2D eigenvalue weighted by Crippen LogP contribution is 2.27. The summed E-state index contributed by atoms with van der Waals surface area (Å²) >= 11 is 1.90. The van der Waals surface area contributed by atoms with Crippen LogP contribution >= 0.6 is 11.8 Å². The first-order chi connectivity index (χ1) is 7.48. The summed E-state index contributed by atoms with van der Waals surface area (Å²) in [4.78, 5) is 0. The van der Waals surface area contributed by atoms with Crippen molar-refractivity contribution in [2.45, 2.75) is 45.0 Å². The Kier molecular flexibility index (Phi) is 4.83. The summed E-state index contributed by atoms with van der Waals surface area (Å²) < 4.78 is 2.24. The van der Waals surface area contributed by atoms with E-state index in [-0.39, 0.29) is 10.8 Å². The molecule has 0 fully saturated rings. The third-order valence-electron chi connectivity index (χ3n) is 2.29. The average molecular weight is 242 g/mol. The van der Waals surface area contributed by atoms with Crippen LogP contribution in [-0.4, -0.2) is 20.3 Å². The highest BCUT2D eigenvalue weighted by Gasteiger charge is 2.18. The van der Waals surface area contributed by atoms with Crippen molar-refractivity contribution in [3.05, 3.63) is 18.0 Å². The first-order valence-corrected chi connectivity index (χ1v) is 6.58. The molecular weight excluding hydrogens is 220 g/mol. The van der Waals surface area contributed by atoms with Gasteiger partial charge in [0.2, 0.25) is 0 Å². The maximum absolute atomic E-state index is 5.61. The Bertz CT molecular complexity index is 316. The number of nitrogens with one attached hydrogen (secondary N) is 1. The van der Waals surface area contributed by atoms with Crippen LogP contribution in [0.5, 0.6) is 0 Å². The van der Waals surface area contributed by atoms with Gasteiger partial charge in [-0.1, -0.05) is 20.8 Å². The second-order valence-electron chi connectivity index (χ2n) is 4.71. The van der Waals surface area contributed by atoms with Crippen LogP contribution in [0.3, 0.4) is 0 Å². The Hall–Kier alpha value is -0.520. The lowest BCUT2D eigenvalue weighted by molar-refractivity contribution is 0.526. The van der Waals surface area contributed by atoms with Gasteiger partial charge in [-0.2, -0.15) is 16.9 Å².